The van der Waals surface area contributed by atoms with E-state index in [0.717, 1.165) is 36.5 Å². The highest BCUT2D eigenvalue weighted by Crippen LogP contribution is 2.23. The zero-order chi connectivity index (χ0) is 19.1. The monoisotopic (exact) mass is 360 g/mol. The van der Waals surface area contributed by atoms with E-state index in [1.807, 2.05) is 60.7 Å². The molecule has 0 amide bonds. The van der Waals surface area contributed by atoms with E-state index in [1.54, 1.807) is 6.92 Å². The number of unbranched alkanes of at least 4 members (excludes halogenated alkanes) is 1. The van der Waals surface area contributed by atoms with Crippen molar-refractivity contribution in [1.29, 1.82) is 0 Å². The molecule has 0 radical (unpaired) electrons. The number of hydrogen-bond donors (Lipinski definition) is 2. The number of ketones is 1. The molecule has 0 atom stereocenters. The Morgan fingerprint density at radius 1 is 0.963 bits per heavy atom. The van der Waals surface area contributed by atoms with Crippen molar-refractivity contribution in [3.05, 3.63) is 66.2 Å². The normalized spacial score (nSPS) is 10.4. The van der Waals surface area contributed by atoms with Crippen molar-refractivity contribution in [2.24, 2.45) is 0 Å². The minimum Gasteiger partial charge on any atom is -0.370 e. The van der Waals surface area contributed by atoms with Crippen LogP contribution in [0.3, 0.4) is 0 Å². The SMILES string of the molecule is CCCCNc1cc(Nc2ccc(C(C)=O)cc2)nc(-c2ccccc2)n1. The number of carbonyl (C=O) groups excluding carboxylic acids is 1. The van der Waals surface area contributed by atoms with Gasteiger partial charge < -0.3 is 10.6 Å². The topological polar surface area (TPSA) is 66.9 Å². The van der Waals surface area contributed by atoms with Gasteiger partial charge in [-0.05, 0) is 37.6 Å². The number of Topliss-reactive ketones (excluding diaryl/α,β-unsaturated/α-hetero) is 1. The Morgan fingerprint density at radius 3 is 2.33 bits per heavy atom. The van der Waals surface area contributed by atoms with Gasteiger partial charge in [0, 0.05) is 29.4 Å². The zero-order valence-electron chi connectivity index (χ0n) is 15.7. The van der Waals surface area contributed by atoms with Gasteiger partial charge in [0.1, 0.15) is 11.6 Å². The molecule has 5 nitrogen and oxygen atoms in total. The van der Waals surface area contributed by atoms with E-state index in [4.69, 9.17) is 0 Å². The molecular weight excluding hydrogens is 336 g/mol. The lowest BCUT2D eigenvalue weighted by Gasteiger charge is -2.12. The van der Waals surface area contributed by atoms with Crippen molar-refractivity contribution in [2.45, 2.75) is 26.7 Å². The molecule has 0 bridgehead atoms. The Labute approximate surface area is 159 Å². The number of anilines is 3. The van der Waals surface area contributed by atoms with Crippen LogP contribution in [-0.2, 0) is 0 Å². The molecule has 0 aliphatic carbocycles. The summed E-state index contributed by atoms with van der Waals surface area (Å²) in [6, 6.07) is 19.2. The molecular formula is C22H24N4O. The third kappa shape index (κ3) is 5.14. The lowest BCUT2D eigenvalue weighted by atomic mass is 10.1. The van der Waals surface area contributed by atoms with Crippen LogP contribution in [0.5, 0.6) is 0 Å². The molecule has 0 aliphatic rings. The van der Waals surface area contributed by atoms with Crippen LogP contribution in [0.1, 0.15) is 37.0 Å². The fraction of sp³-hybridized carbons (Fsp3) is 0.227. The molecule has 1 aromatic heterocycles. The molecule has 3 aromatic rings. The van der Waals surface area contributed by atoms with Crippen LogP contribution < -0.4 is 10.6 Å². The molecule has 0 spiro atoms. The highest BCUT2D eigenvalue weighted by atomic mass is 16.1. The summed E-state index contributed by atoms with van der Waals surface area (Å²) in [5, 5.41) is 6.68. The van der Waals surface area contributed by atoms with E-state index in [-0.39, 0.29) is 5.78 Å². The number of hydrogen-bond acceptors (Lipinski definition) is 5. The number of rotatable bonds is 8. The number of nitrogens with zero attached hydrogens (tertiary/aromatic N) is 2. The van der Waals surface area contributed by atoms with Crippen LogP contribution in [0.4, 0.5) is 17.3 Å². The predicted octanol–water partition coefficient (Wildman–Crippen LogP) is 5.30. The summed E-state index contributed by atoms with van der Waals surface area (Å²) in [5.74, 6) is 2.22. The van der Waals surface area contributed by atoms with Gasteiger partial charge in [-0.1, -0.05) is 43.7 Å². The molecule has 0 fully saturated rings. The molecule has 0 saturated heterocycles. The maximum atomic E-state index is 11.4. The molecule has 1 heterocycles. The Hall–Kier alpha value is -3.21. The first-order valence-corrected chi connectivity index (χ1v) is 9.22. The van der Waals surface area contributed by atoms with E-state index in [0.29, 0.717) is 17.2 Å². The quantitative estimate of drug-likeness (QED) is 0.421. The summed E-state index contributed by atoms with van der Waals surface area (Å²) in [5.41, 5.74) is 2.53. The second-order valence-corrected chi connectivity index (χ2v) is 6.37. The molecule has 3 rings (SSSR count). The van der Waals surface area contributed by atoms with Crippen LogP contribution in [-0.4, -0.2) is 22.3 Å². The van der Waals surface area contributed by atoms with Crippen molar-refractivity contribution < 1.29 is 4.79 Å². The van der Waals surface area contributed by atoms with E-state index in [1.165, 1.54) is 0 Å². The molecule has 0 aliphatic heterocycles. The first kappa shape index (κ1) is 18.6. The van der Waals surface area contributed by atoms with Gasteiger partial charge in [-0.2, -0.15) is 0 Å². The second-order valence-electron chi connectivity index (χ2n) is 6.37. The van der Waals surface area contributed by atoms with Crippen LogP contribution in [0.15, 0.2) is 60.7 Å². The van der Waals surface area contributed by atoms with E-state index >= 15 is 0 Å². The first-order chi connectivity index (χ1) is 13.2. The van der Waals surface area contributed by atoms with Crippen LogP contribution in [0.25, 0.3) is 11.4 Å². The van der Waals surface area contributed by atoms with Gasteiger partial charge in [-0.15, -0.1) is 0 Å². The van der Waals surface area contributed by atoms with Gasteiger partial charge in [0.25, 0.3) is 0 Å². The molecule has 138 valence electrons. The van der Waals surface area contributed by atoms with Gasteiger partial charge in [-0.3, -0.25) is 4.79 Å². The highest BCUT2D eigenvalue weighted by molar-refractivity contribution is 5.94. The van der Waals surface area contributed by atoms with Crippen molar-refractivity contribution in [3.8, 4) is 11.4 Å². The second kappa shape index (κ2) is 8.94. The molecule has 5 heteroatoms. The Morgan fingerprint density at radius 2 is 1.67 bits per heavy atom. The summed E-state index contributed by atoms with van der Waals surface area (Å²) >= 11 is 0. The van der Waals surface area contributed by atoms with E-state index in [2.05, 4.69) is 27.5 Å². The maximum absolute atomic E-state index is 11.4. The van der Waals surface area contributed by atoms with E-state index < -0.39 is 0 Å². The first-order valence-electron chi connectivity index (χ1n) is 9.22. The van der Waals surface area contributed by atoms with Gasteiger partial charge >= 0.3 is 0 Å². The van der Waals surface area contributed by atoms with Gasteiger partial charge in [0.05, 0.1) is 0 Å². The van der Waals surface area contributed by atoms with Crippen molar-refractivity contribution in [3.63, 3.8) is 0 Å². The van der Waals surface area contributed by atoms with Gasteiger partial charge in [0.2, 0.25) is 0 Å². The van der Waals surface area contributed by atoms with E-state index in [9.17, 15) is 4.79 Å². The van der Waals surface area contributed by atoms with Crippen molar-refractivity contribution in [2.75, 3.05) is 17.2 Å². The number of aromatic nitrogens is 2. The molecule has 2 aromatic carbocycles. The van der Waals surface area contributed by atoms with Crippen LogP contribution in [0, 0.1) is 0 Å². The minimum atomic E-state index is 0.0531. The zero-order valence-corrected chi connectivity index (χ0v) is 15.7. The summed E-state index contributed by atoms with van der Waals surface area (Å²) in [6.07, 6.45) is 2.21. The third-order valence-corrected chi connectivity index (χ3v) is 4.16. The number of nitrogens with one attached hydrogen (secondary N) is 2. The van der Waals surface area contributed by atoms with Crippen molar-refractivity contribution in [1.82, 2.24) is 9.97 Å². The lowest BCUT2D eigenvalue weighted by molar-refractivity contribution is 0.101. The van der Waals surface area contributed by atoms with Gasteiger partial charge in [0.15, 0.2) is 11.6 Å². The fourth-order valence-electron chi connectivity index (χ4n) is 2.65. The average molecular weight is 360 g/mol. The largest absolute Gasteiger partial charge is 0.370 e. The molecule has 2 N–H and O–H groups in total. The fourth-order valence-corrected chi connectivity index (χ4v) is 2.65. The Kier molecular flexibility index (Phi) is 6.15. The van der Waals surface area contributed by atoms with Crippen LogP contribution in [0.2, 0.25) is 0 Å². The standard InChI is InChI=1S/C22H24N4O/c1-3-4-14-23-20-15-21(24-19-12-10-17(11-13-19)16(2)27)26-22(25-20)18-8-6-5-7-9-18/h5-13,15H,3-4,14H2,1-2H3,(H2,23,24,25,26). The highest BCUT2D eigenvalue weighted by Gasteiger charge is 2.08. The van der Waals surface area contributed by atoms with Gasteiger partial charge in [-0.25, -0.2) is 9.97 Å². The molecule has 27 heavy (non-hydrogen) atoms. The smallest absolute Gasteiger partial charge is 0.163 e. The van der Waals surface area contributed by atoms with Crippen molar-refractivity contribution >= 4 is 23.1 Å². The minimum absolute atomic E-state index is 0.0531. The lowest BCUT2D eigenvalue weighted by Crippen LogP contribution is -2.06. The summed E-state index contributed by atoms with van der Waals surface area (Å²) < 4.78 is 0. The average Bonchev–Trinajstić information content (AvgIpc) is 2.69. The molecule has 0 saturated carbocycles. The maximum Gasteiger partial charge on any atom is 0.163 e. The summed E-state index contributed by atoms with van der Waals surface area (Å²) in [4.78, 5) is 20.7. The Balaban J connectivity index is 1.88. The molecule has 0 unspecified atom stereocenters. The third-order valence-electron chi connectivity index (χ3n) is 4.16. The number of carbonyl (C=O) groups is 1. The summed E-state index contributed by atoms with van der Waals surface area (Å²) in [7, 11) is 0. The predicted molar refractivity (Wildman–Crippen MR) is 111 cm³/mol. The number of benzene rings is 2. The summed E-state index contributed by atoms with van der Waals surface area (Å²) in [6.45, 7) is 4.59. The Bertz CT molecular complexity index is 892. The van der Waals surface area contributed by atoms with Crippen LogP contribution >= 0.6 is 0 Å².